The van der Waals surface area contributed by atoms with Crippen molar-refractivity contribution < 1.29 is 9.18 Å². The highest BCUT2D eigenvalue weighted by Gasteiger charge is 2.11. The van der Waals surface area contributed by atoms with Crippen LogP contribution in [0.25, 0.3) is 0 Å². The van der Waals surface area contributed by atoms with Crippen molar-refractivity contribution in [2.45, 2.75) is 19.8 Å². The Morgan fingerprint density at radius 2 is 1.84 bits per heavy atom. The minimum atomic E-state index is -0.492. The number of halogens is 2. The van der Waals surface area contributed by atoms with Gasteiger partial charge >= 0.3 is 0 Å². The van der Waals surface area contributed by atoms with Crippen molar-refractivity contribution in [3.63, 3.8) is 0 Å². The standard InChI is InChI=1S/C16H14ClFO/c1-2-11-6-8-12(9-7-11)15(19)10-13-4-3-5-14(18)16(13)17/h3-9H,2,10H2,1H3. The highest BCUT2D eigenvalue weighted by Crippen LogP contribution is 2.21. The van der Waals surface area contributed by atoms with Crippen LogP contribution in [0.1, 0.15) is 28.4 Å². The Labute approximate surface area is 117 Å². The van der Waals surface area contributed by atoms with Crippen LogP contribution in [0, 0.1) is 5.82 Å². The van der Waals surface area contributed by atoms with Crippen molar-refractivity contribution in [3.05, 3.63) is 70.0 Å². The first kappa shape index (κ1) is 13.8. The molecule has 0 radical (unpaired) electrons. The Morgan fingerprint density at radius 1 is 1.16 bits per heavy atom. The summed E-state index contributed by atoms with van der Waals surface area (Å²) in [5.41, 5.74) is 2.32. The van der Waals surface area contributed by atoms with Crippen molar-refractivity contribution in [2.75, 3.05) is 0 Å². The van der Waals surface area contributed by atoms with E-state index in [1.54, 1.807) is 24.3 Å². The van der Waals surface area contributed by atoms with Gasteiger partial charge in [0.2, 0.25) is 0 Å². The second-order valence-corrected chi connectivity index (χ2v) is 4.74. The fourth-order valence-electron chi connectivity index (χ4n) is 1.89. The SMILES string of the molecule is CCc1ccc(C(=O)Cc2cccc(F)c2Cl)cc1. The van der Waals surface area contributed by atoms with Gasteiger partial charge in [-0.1, -0.05) is 54.9 Å². The third-order valence-corrected chi connectivity index (χ3v) is 3.49. The van der Waals surface area contributed by atoms with Gasteiger partial charge in [-0.25, -0.2) is 4.39 Å². The summed E-state index contributed by atoms with van der Waals surface area (Å²) in [6.45, 7) is 2.06. The summed E-state index contributed by atoms with van der Waals surface area (Å²) in [6, 6.07) is 12.0. The van der Waals surface area contributed by atoms with Crippen LogP contribution < -0.4 is 0 Å². The molecular weight excluding hydrogens is 263 g/mol. The van der Waals surface area contributed by atoms with Crippen LogP contribution in [-0.2, 0) is 12.8 Å². The van der Waals surface area contributed by atoms with Gasteiger partial charge in [-0.2, -0.15) is 0 Å². The highest BCUT2D eigenvalue weighted by molar-refractivity contribution is 6.31. The van der Waals surface area contributed by atoms with Gasteiger partial charge in [0.15, 0.2) is 5.78 Å². The molecule has 19 heavy (non-hydrogen) atoms. The average Bonchev–Trinajstić information content (AvgIpc) is 2.44. The predicted octanol–water partition coefficient (Wildman–Crippen LogP) is 4.47. The Hall–Kier alpha value is -1.67. The van der Waals surface area contributed by atoms with E-state index in [2.05, 4.69) is 6.92 Å². The maximum absolute atomic E-state index is 13.3. The summed E-state index contributed by atoms with van der Waals surface area (Å²) in [5, 5.41) is 0.0287. The lowest BCUT2D eigenvalue weighted by atomic mass is 10.0. The molecule has 0 heterocycles. The van der Waals surface area contributed by atoms with E-state index in [1.807, 2.05) is 12.1 Å². The molecule has 0 aromatic heterocycles. The maximum Gasteiger partial charge on any atom is 0.167 e. The molecule has 0 saturated heterocycles. The number of Topliss-reactive ketones (excluding diaryl/α,β-unsaturated/α-hetero) is 1. The molecule has 0 amide bonds. The Bertz CT molecular complexity index is 590. The first-order valence-electron chi connectivity index (χ1n) is 6.17. The molecule has 0 spiro atoms. The normalized spacial score (nSPS) is 10.5. The van der Waals surface area contributed by atoms with Crippen LogP contribution in [0.2, 0.25) is 5.02 Å². The first-order chi connectivity index (χ1) is 9.11. The van der Waals surface area contributed by atoms with Crippen LogP contribution in [0.5, 0.6) is 0 Å². The number of hydrogen-bond acceptors (Lipinski definition) is 1. The van der Waals surface area contributed by atoms with E-state index in [1.165, 1.54) is 11.6 Å². The van der Waals surface area contributed by atoms with E-state index in [-0.39, 0.29) is 17.2 Å². The topological polar surface area (TPSA) is 17.1 Å². The number of benzene rings is 2. The van der Waals surface area contributed by atoms with Gasteiger partial charge in [-0.05, 0) is 23.6 Å². The molecule has 0 bridgehead atoms. The third kappa shape index (κ3) is 3.21. The van der Waals surface area contributed by atoms with E-state index < -0.39 is 5.82 Å². The quantitative estimate of drug-likeness (QED) is 0.753. The van der Waals surface area contributed by atoms with E-state index in [0.29, 0.717) is 11.1 Å². The molecule has 0 fully saturated rings. The van der Waals surface area contributed by atoms with Crippen LogP contribution in [0.4, 0.5) is 4.39 Å². The average molecular weight is 277 g/mol. The van der Waals surface area contributed by atoms with Crippen molar-refractivity contribution in [1.82, 2.24) is 0 Å². The van der Waals surface area contributed by atoms with Crippen molar-refractivity contribution >= 4 is 17.4 Å². The van der Waals surface area contributed by atoms with E-state index in [4.69, 9.17) is 11.6 Å². The third-order valence-electron chi connectivity index (χ3n) is 3.07. The Kier molecular flexibility index (Phi) is 4.33. The Balaban J connectivity index is 2.18. The number of carbonyl (C=O) groups is 1. The van der Waals surface area contributed by atoms with E-state index in [9.17, 15) is 9.18 Å². The molecule has 0 N–H and O–H groups in total. The highest BCUT2D eigenvalue weighted by atomic mass is 35.5. The number of hydrogen-bond donors (Lipinski definition) is 0. The lowest BCUT2D eigenvalue weighted by Crippen LogP contribution is -2.04. The molecule has 0 atom stereocenters. The van der Waals surface area contributed by atoms with Gasteiger partial charge in [0, 0.05) is 12.0 Å². The molecule has 2 rings (SSSR count). The zero-order valence-electron chi connectivity index (χ0n) is 10.6. The van der Waals surface area contributed by atoms with Crippen LogP contribution in [-0.4, -0.2) is 5.78 Å². The van der Waals surface area contributed by atoms with Crippen LogP contribution in [0.3, 0.4) is 0 Å². The van der Waals surface area contributed by atoms with Crippen molar-refractivity contribution in [2.24, 2.45) is 0 Å². The molecule has 1 nitrogen and oxygen atoms in total. The lowest BCUT2D eigenvalue weighted by Gasteiger charge is -2.05. The zero-order valence-corrected chi connectivity index (χ0v) is 11.4. The summed E-state index contributed by atoms with van der Waals surface area (Å²) >= 11 is 5.85. The fourth-order valence-corrected chi connectivity index (χ4v) is 2.08. The minimum Gasteiger partial charge on any atom is -0.294 e. The molecule has 3 heteroatoms. The van der Waals surface area contributed by atoms with Crippen LogP contribution >= 0.6 is 11.6 Å². The largest absolute Gasteiger partial charge is 0.294 e. The second-order valence-electron chi connectivity index (χ2n) is 4.36. The summed E-state index contributed by atoms with van der Waals surface area (Å²) in [6.07, 6.45) is 1.05. The maximum atomic E-state index is 13.3. The molecule has 98 valence electrons. The predicted molar refractivity (Wildman–Crippen MR) is 75.3 cm³/mol. The smallest absolute Gasteiger partial charge is 0.167 e. The number of rotatable bonds is 4. The zero-order chi connectivity index (χ0) is 13.8. The first-order valence-corrected chi connectivity index (χ1v) is 6.54. The molecule has 0 aliphatic heterocycles. The molecule has 0 aliphatic rings. The summed E-state index contributed by atoms with van der Waals surface area (Å²) < 4.78 is 13.3. The van der Waals surface area contributed by atoms with Gasteiger partial charge in [-0.15, -0.1) is 0 Å². The lowest BCUT2D eigenvalue weighted by molar-refractivity contribution is 0.0993. The van der Waals surface area contributed by atoms with Crippen LogP contribution in [0.15, 0.2) is 42.5 Å². The molecular formula is C16H14ClFO. The van der Waals surface area contributed by atoms with E-state index in [0.717, 1.165) is 6.42 Å². The number of ketones is 1. The fraction of sp³-hybridized carbons (Fsp3) is 0.188. The molecule has 0 aliphatic carbocycles. The molecule has 2 aromatic carbocycles. The summed E-state index contributed by atoms with van der Waals surface area (Å²) in [5.74, 6) is -0.552. The van der Waals surface area contributed by atoms with Gasteiger partial charge in [-0.3, -0.25) is 4.79 Å². The van der Waals surface area contributed by atoms with Crippen molar-refractivity contribution in [1.29, 1.82) is 0 Å². The van der Waals surface area contributed by atoms with Gasteiger partial charge < -0.3 is 0 Å². The minimum absolute atomic E-state index is 0.0287. The van der Waals surface area contributed by atoms with Gasteiger partial charge in [0.25, 0.3) is 0 Å². The second kappa shape index (κ2) is 5.98. The summed E-state index contributed by atoms with van der Waals surface area (Å²) in [7, 11) is 0. The van der Waals surface area contributed by atoms with Gasteiger partial charge in [0.05, 0.1) is 5.02 Å². The molecule has 0 saturated carbocycles. The molecule has 0 unspecified atom stereocenters. The number of carbonyl (C=O) groups excluding carboxylic acids is 1. The summed E-state index contributed by atoms with van der Waals surface area (Å²) in [4.78, 5) is 12.1. The van der Waals surface area contributed by atoms with Gasteiger partial charge in [0.1, 0.15) is 5.82 Å². The monoisotopic (exact) mass is 276 g/mol. The Morgan fingerprint density at radius 3 is 2.47 bits per heavy atom. The number of aryl methyl sites for hydroxylation is 1. The van der Waals surface area contributed by atoms with Crippen molar-refractivity contribution in [3.8, 4) is 0 Å². The molecule has 2 aromatic rings. The van der Waals surface area contributed by atoms with E-state index >= 15 is 0 Å².